The summed E-state index contributed by atoms with van der Waals surface area (Å²) in [6.07, 6.45) is 17.4. The number of fused-ring (bicyclic) bond motifs is 5. The molecule has 0 amide bonds. The Kier molecular flexibility index (Phi) is 5.72. The van der Waals surface area contributed by atoms with E-state index < -0.39 is 0 Å². The number of hydrogen-bond acceptors (Lipinski definition) is 4. The van der Waals surface area contributed by atoms with Gasteiger partial charge in [0, 0.05) is 24.4 Å². The second kappa shape index (κ2) is 8.36. The molecular weight excluding hydrogens is 408 g/mol. The average molecular weight is 455 g/mol. The SMILES string of the molecule is CC(=O)O[C@H]1[C@@H](N2CCCC2)C[C@H]2[C@@H]3CC=C4C[C@@H](N5CCCC5)CC[C@]4(C)[C@H]3CC[C@@]21C. The van der Waals surface area contributed by atoms with Gasteiger partial charge in [-0.2, -0.15) is 0 Å². The van der Waals surface area contributed by atoms with E-state index >= 15 is 0 Å². The van der Waals surface area contributed by atoms with Crippen LogP contribution in [0.5, 0.6) is 0 Å². The first-order chi connectivity index (χ1) is 15.9. The van der Waals surface area contributed by atoms with Crippen LogP contribution in [0.4, 0.5) is 0 Å². The number of allylic oxidation sites excluding steroid dienone is 1. The van der Waals surface area contributed by atoms with Gasteiger partial charge in [-0.25, -0.2) is 0 Å². The fraction of sp³-hybridized carbons (Fsp3) is 0.897. The predicted molar refractivity (Wildman–Crippen MR) is 132 cm³/mol. The number of ether oxygens (including phenoxy) is 1. The van der Waals surface area contributed by atoms with Crippen LogP contribution in [0.15, 0.2) is 11.6 Å². The van der Waals surface area contributed by atoms with Crippen molar-refractivity contribution in [2.24, 2.45) is 28.6 Å². The minimum atomic E-state index is -0.0776. The zero-order chi connectivity index (χ0) is 22.8. The largest absolute Gasteiger partial charge is 0.460 e. The highest BCUT2D eigenvalue weighted by molar-refractivity contribution is 5.66. The van der Waals surface area contributed by atoms with Crippen LogP contribution in [0.2, 0.25) is 0 Å². The Morgan fingerprint density at radius 2 is 1.67 bits per heavy atom. The lowest BCUT2D eigenvalue weighted by atomic mass is 9.48. The highest BCUT2D eigenvalue weighted by Crippen LogP contribution is 2.66. The molecule has 2 saturated heterocycles. The summed E-state index contributed by atoms with van der Waals surface area (Å²) >= 11 is 0. The van der Waals surface area contributed by atoms with Crippen LogP contribution in [-0.4, -0.2) is 60.1 Å². The van der Waals surface area contributed by atoms with Gasteiger partial charge in [0.15, 0.2) is 0 Å². The van der Waals surface area contributed by atoms with Gasteiger partial charge in [-0.15, -0.1) is 0 Å². The Morgan fingerprint density at radius 3 is 2.36 bits per heavy atom. The fourth-order valence-electron chi connectivity index (χ4n) is 9.83. The lowest BCUT2D eigenvalue weighted by Gasteiger charge is -2.58. The van der Waals surface area contributed by atoms with Crippen LogP contribution >= 0.6 is 0 Å². The minimum Gasteiger partial charge on any atom is -0.460 e. The molecule has 5 fully saturated rings. The van der Waals surface area contributed by atoms with Gasteiger partial charge in [0.25, 0.3) is 0 Å². The molecule has 0 aromatic heterocycles. The van der Waals surface area contributed by atoms with Gasteiger partial charge in [0.05, 0.1) is 0 Å². The molecule has 4 nitrogen and oxygen atoms in total. The Balaban J connectivity index is 1.27. The summed E-state index contributed by atoms with van der Waals surface area (Å²) in [6.45, 7) is 11.8. The van der Waals surface area contributed by atoms with Crippen LogP contribution in [-0.2, 0) is 9.53 Å². The van der Waals surface area contributed by atoms with Gasteiger partial charge in [-0.1, -0.05) is 25.5 Å². The lowest BCUT2D eigenvalue weighted by Crippen LogP contribution is -2.53. The van der Waals surface area contributed by atoms with Crippen LogP contribution in [0.3, 0.4) is 0 Å². The third-order valence-electron chi connectivity index (χ3n) is 11.6. The molecule has 184 valence electrons. The number of esters is 1. The topological polar surface area (TPSA) is 32.8 Å². The molecule has 2 aliphatic heterocycles. The Morgan fingerprint density at radius 1 is 0.970 bits per heavy atom. The maximum Gasteiger partial charge on any atom is 0.302 e. The van der Waals surface area contributed by atoms with Crippen LogP contribution < -0.4 is 0 Å². The van der Waals surface area contributed by atoms with Gasteiger partial charge >= 0.3 is 5.97 Å². The summed E-state index contributed by atoms with van der Waals surface area (Å²) in [5.74, 6) is 2.21. The molecule has 0 N–H and O–H groups in total. The van der Waals surface area contributed by atoms with E-state index in [4.69, 9.17) is 4.74 Å². The fourth-order valence-corrected chi connectivity index (χ4v) is 9.83. The quantitative estimate of drug-likeness (QED) is 0.421. The average Bonchev–Trinajstić information content (AvgIpc) is 3.54. The molecule has 2 heterocycles. The monoisotopic (exact) mass is 454 g/mol. The molecular formula is C29H46N2O2. The summed E-state index contributed by atoms with van der Waals surface area (Å²) in [5.41, 5.74) is 2.36. The van der Waals surface area contributed by atoms with E-state index in [1.165, 1.54) is 96.8 Å². The molecule has 4 aliphatic carbocycles. The van der Waals surface area contributed by atoms with Gasteiger partial charge < -0.3 is 9.64 Å². The number of carbonyl (C=O) groups excluding carboxylic acids is 1. The van der Waals surface area contributed by atoms with E-state index in [2.05, 4.69) is 29.7 Å². The van der Waals surface area contributed by atoms with E-state index in [9.17, 15) is 4.79 Å². The molecule has 33 heavy (non-hydrogen) atoms. The van der Waals surface area contributed by atoms with Crippen LogP contribution in [0.25, 0.3) is 0 Å². The number of likely N-dealkylation sites (tertiary alicyclic amines) is 2. The van der Waals surface area contributed by atoms with Gasteiger partial charge in [0.2, 0.25) is 0 Å². The summed E-state index contributed by atoms with van der Waals surface area (Å²) < 4.78 is 6.19. The molecule has 6 aliphatic rings. The van der Waals surface area contributed by atoms with E-state index in [0.717, 1.165) is 17.9 Å². The van der Waals surface area contributed by atoms with Gasteiger partial charge in [0.1, 0.15) is 6.10 Å². The molecule has 0 bridgehead atoms. The number of rotatable bonds is 3. The van der Waals surface area contributed by atoms with E-state index in [0.29, 0.717) is 17.4 Å². The summed E-state index contributed by atoms with van der Waals surface area (Å²) in [7, 11) is 0. The molecule has 6 rings (SSSR count). The Hall–Kier alpha value is -0.870. The van der Waals surface area contributed by atoms with Crippen molar-refractivity contribution in [2.75, 3.05) is 26.2 Å². The van der Waals surface area contributed by atoms with E-state index in [-0.39, 0.29) is 17.5 Å². The van der Waals surface area contributed by atoms with Gasteiger partial charge in [-0.3, -0.25) is 9.69 Å². The lowest BCUT2D eigenvalue weighted by molar-refractivity contribution is -0.160. The second-order valence-corrected chi connectivity index (χ2v) is 13.0. The summed E-state index contributed by atoms with van der Waals surface area (Å²) in [5, 5.41) is 0. The molecule has 4 heteroatoms. The normalized spacial score (nSPS) is 48.2. The second-order valence-electron chi connectivity index (χ2n) is 13.0. The zero-order valence-electron chi connectivity index (χ0n) is 21.4. The van der Waals surface area contributed by atoms with E-state index in [1.54, 1.807) is 12.5 Å². The first-order valence-corrected chi connectivity index (χ1v) is 14.2. The molecule has 8 atom stereocenters. The first-order valence-electron chi connectivity index (χ1n) is 14.2. The zero-order valence-corrected chi connectivity index (χ0v) is 21.4. The maximum absolute atomic E-state index is 12.2. The third-order valence-corrected chi connectivity index (χ3v) is 11.6. The first kappa shape index (κ1) is 22.6. The predicted octanol–water partition coefficient (Wildman–Crippen LogP) is 5.42. The van der Waals surface area contributed by atoms with Crippen LogP contribution in [0.1, 0.15) is 91.4 Å². The summed E-state index contributed by atoms with van der Waals surface area (Å²) in [4.78, 5) is 17.7. The van der Waals surface area contributed by atoms with E-state index in [1.807, 2.05) is 0 Å². The smallest absolute Gasteiger partial charge is 0.302 e. The van der Waals surface area contributed by atoms with Crippen molar-refractivity contribution in [1.29, 1.82) is 0 Å². The molecule has 0 spiro atoms. The van der Waals surface area contributed by atoms with Gasteiger partial charge in [-0.05, 0) is 120 Å². The van der Waals surface area contributed by atoms with Crippen molar-refractivity contribution < 1.29 is 9.53 Å². The minimum absolute atomic E-state index is 0.0776. The molecule has 0 aromatic carbocycles. The maximum atomic E-state index is 12.2. The van der Waals surface area contributed by atoms with Crippen molar-refractivity contribution >= 4 is 5.97 Å². The molecule has 0 unspecified atom stereocenters. The Labute approximate surface area is 201 Å². The van der Waals surface area contributed by atoms with Crippen molar-refractivity contribution in [3.63, 3.8) is 0 Å². The molecule has 3 saturated carbocycles. The summed E-state index contributed by atoms with van der Waals surface area (Å²) in [6, 6.07) is 1.24. The third kappa shape index (κ3) is 3.56. The van der Waals surface area contributed by atoms with Crippen LogP contribution in [0, 0.1) is 28.6 Å². The van der Waals surface area contributed by atoms with Crippen molar-refractivity contribution in [3.8, 4) is 0 Å². The number of carbonyl (C=O) groups is 1. The Bertz CT molecular complexity index is 797. The number of nitrogens with zero attached hydrogens (tertiary/aromatic N) is 2. The van der Waals surface area contributed by atoms with Crippen molar-refractivity contribution in [2.45, 2.75) is 110 Å². The van der Waals surface area contributed by atoms with Crippen molar-refractivity contribution in [1.82, 2.24) is 9.80 Å². The standard InChI is InChI=1S/C29H46N2O2/c1-20(32)33-27-26(31-16-6-7-17-31)19-25-23-9-8-21-18-22(30-14-4-5-15-30)10-12-28(21,2)24(23)11-13-29(25,27)3/h8,22-27H,4-7,9-19H2,1-3H3/t22-,23+,24-,25-,26-,27-,28-,29-/m0/s1. The molecule has 0 aromatic rings. The van der Waals surface area contributed by atoms with Crippen molar-refractivity contribution in [3.05, 3.63) is 11.6 Å². The number of hydrogen-bond donors (Lipinski definition) is 0. The molecule has 0 radical (unpaired) electrons. The highest BCUT2D eigenvalue weighted by Gasteiger charge is 2.63. The highest BCUT2D eigenvalue weighted by atomic mass is 16.5.